The number of thioether (sulfide) groups is 1. The fraction of sp³-hybridized carbons (Fsp3) is 0.500. The summed E-state index contributed by atoms with van der Waals surface area (Å²) < 4.78 is 4.75. The first-order valence-electron chi connectivity index (χ1n) is 7.04. The molecule has 0 fully saturated rings. The van der Waals surface area contributed by atoms with Gasteiger partial charge in [-0.15, -0.1) is 11.8 Å². The maximum Gasteiger partial charge on any atom is 0.328 e. The van der Waals surface area contributed by atoms with E-state index in [2.05, 4.69) is 5.32 Å². The summed E-state index contributed by atoms with van der Waals surface area (Å²) in [4.78, 5) is 25.0. The van der Waals surface area contributed by atoms with Crippen molar-refractivity contribution in [3.8, 4) is 0 Å². The van der Waals surface area contributed by atoms with Crippen molar-refractivity contribution < 1.29 is 14.3 Å². The minimum atomic E-state index is -0.582. The summed E-state index contributed by atoms with van der Waals surface area (Å²) in [6, 6.07) is 9.14. The number of amides is 1. The minimum Gasteiger partial charge on any atom is -0.467 e. The van der Waals surface area contributed by atoms with Crippen molar-refractivity contribution in [2.45, 2.75) is 43.4 Å². The van der Waals surface area contributed by atoms with E-state index in [-0.39, 0.29) is 11.2 Å². The zero-order valence-corrected chi connectivity index (χ0v) is 13.8. The lowest BCUT2D eigenvalue weighted by molar-refractivity contribution is -0.145. The van der Waals surface area contributed by atoms with Crippen LogP contribution in [0.25, 0.3) is 0 Å². The summed E-state index contributed by atoms with van der Waals surface area (Å²) in [6.07, 6.45) is 0.571. The highest BCUT2D eigenvalue weighted by Crippen LogP contribution is 2.23. The largest absolute Gasteiger partial charge is 0.467 e. The minimum absolute atomic E-state index is 0.153. The van der Waals surface area contributed by atoms with Gasteiger partial charge in [0.05, 0.1) is 12.4 Å². The average molecular weight is 309 g/mol. The first kappa shape index (κ1) is 17.6. The number of benzene rings is 1. The van der Waals surface area contributed by atoms with Gasteiger partial charge in [0.15, 0.2) is 0 Å². The van der Waals surface area contributed by atoms with E-state index < -0.39 is 12.0 Å². The molecule has 0 heterocycles. The molecule has 0 radical (unpaired) electrons. The van der Waals surface area contributed by atoms with Crippen LogP contribution in [0.5, 0.6) is 0 Å². The highest BCUT2D eigenvalue weighted by molar-refractivity contribution is 8.00. The van der Waals surface area contributed by atoms with Gasteiger partial charge in [-0.05, 0) is 31.4 Å². The fourth-order valence-corrected chi connectivity index (χ4v) is 2.77. The molecular formula is C16H23NO3S. The third-order valence-electron chi connectivity index (χ3n) is 2.93. The van der Waals surface area contributed by atoms with Crippen LogP contribution in [0.4, 0.5) is 0 Å². The van der Waals surface area contributed by atoms with Crippen LogP contribution in [0, 0.1) is 5.92 Å². The molecule has 1 amide bonds. The van der Waals surface area contributed by atoms with Crippen LogP contribution < -0.4 is 5.32 Å². The smallest absolute Gasteiger partial charge is 0.328 e. The topological polar surface area (TPSA) is 55.4 Å². The standard InChI is InChI=1S/C16H23NO3S/c1-11(2)10-14(16(19)20-4)17-15(18)12(3)21-13-8-6-5-7-9-13/h5-9,11-12,14H,10H2,1-4H3,(H,17,18). The van der Waals surface area contributed by atoms with Gasteiger partial charge in [-0.25, -0.2) is 4.79 Å². The molecule has 0 aliphatic heterocycles. The van der Waals surface area contributed by atoms with E-state index in [1.165, 1.54) is 18.9 Å². The third kappa shape index (κ3) is 6.21. The fourth-order valence-electron chi connectivity index (χ4n) is 1.87. The number of methoxy groups -OCH3 is 1. The lowest BCUT2D eigenvalue weighted by atomic mass is 10.0. The zero-order valence-electron chi connectivity index (χ0n) is 13.0. The Bertz CT molecular complexity index is 462. The molecule has 5 heteroatoms. The summed E-state index contributed by atoms with van der Waals surface area (Å²) in [5.74, 6) is -0.250. The molecule has 0 aliphatic carbocycles. The number of ether oxygens (including phenoxy) is 1. The second kappa shape index (κ2) is 8.72. The Labute approximate surface area is 130 Å². The van der Waals surface area contributed by atoms with Crippen LogP contribution in [0.1, 0.15) is 27.2 Å². The summed E-state index contributed by atoms with van der Waals surface area (Å²) in [5.41, 5.74) is 0. The van der Waals surface area contributed by atoms with Crippen LogP contribution >= 0.6 is 11.8 Å². The quantitative estimate of drug-likeness (QED) is 0.621. The predicted molar refractivity (Wildman–Crippen MR) is 85.2 cm³/mol. The van der Waals surface area contributed by atoms with Crippen LogP contribution in [-0.4, -0.2) is 30.3 Å². The normalized spacial score (nSPS) is 13.6. The Balaban J connectivity index is 2.61. The maximum atomic E-state index is 12.2. The molecule has 1 aromatic carbocycles. The zero-order chi connectivity index (χ0) is 15.8. The Morgan fingerprint density at radius 2 is 1.81 bits per heavy atom. The van der Waals surface area contributed by atoms with E-state index in [0.717, 1.165) is 4.90 Å². The molecule has 0 bridgehead atoms. The Morgan fingerprint density at radius 1 is 1.19 bits per heavy atom. The SMILES string of the molecule is COC(=O)C(CC(C)C)NC(=O)C(C)Sc1ccccc1. The molecule has 0 aromatic heterocycles. The molecule has 116 valence electrons. The average Bonchev–Trinajstić information content (AvgIpc) is 2.46. The van der Waals surface area contributed by atoms with Crippen molar-refractivity contribution in [2.24, 2.45) is 5.92 Å². The van der Waals surface area contributed by atoms with E-state index in [4.69, 9.17) is 4.74 Å². The van der Waals surface area contributed by atoms with Crippen molar-refractivity contribution >= 4 is 23.6 Å². The van der Waals surface area contributed by atoms with Gasteiger partial charge in [0.25, 0.3) is 0 Å². The molecule has 2 unspecified atom stereocenters. The van der Waals surface area contributed by atoms with E-state index in [0.29, 0.717) is 12.3 Å². The summed E-state index contributed by atoms with van der Waals surface area (Å²) in [7, 11) is 1.34. The van der Waals surface area contributed by atoms with Crippen molar-refractivity contribution in [3.05, 3.63) is 30.3 Å². The summed E-state index contributed by atoms with van der Waals surface area (Å²) >= 11 is 1.47. The van der Waals surface area contributed by atoms with Gasteiger partial charge in [-0.1, -0.05) is 32.0 Å². The number of hydrogen-bond donors (Lipinski definition) is 1. The van der Waals surface area contributed by atoms with E-state index >= 15 is 0 Å². The molecule has 4 nitrogen and oxygen atoms in total. The first-order valence-corrected chi connectivity index (χ1v) is 7.92. The monoisotopic (exact) mass is 309 g/mol. The van der Waals surface area contributed by atoms with Gasteiger partial charge < -0.3 is 10.1 Å². The van der Waals surface area contributed by atoms with Crippen molar-refractivity contribution in [1.82, 2.24) is 5.32 Å². The molecule has 2 atom stereocenters. The van der Waals surface area contributed by atoms with Crippen molar-refractivity contribution in [1.29, 1.82) is 0 Å². The molecule has 0 saturated carbocycles. The van der Waals surface area contributed by atoms with Crippen LogP contribution in [0.3, 0.4) is 0 Å². The molecule has 0 spiro atoms. The first-order chi connectivity index (χ1) is 9.93. The molecular weight excluding hydrogens is 286 g/mol. The highest BCUT2D eigenvalue weighted by atomic mass is 32.2. The second-order valence-electron chi connectivity index (χ2n) is 5.29. The van der Waals surface area contributed by atoms with Crippen LogP contribution in [0.2, 0.25) is 0 Å². The second-order valence-corrected chi connectivity index (χ2v) is 6.70. The summed E-state index contributed by atoms with van der Waals surface area (Å²) in [6.45, 7) is 5.84. The number of nitrogens with one attached hydrogen (secondary N) is 1. The molecule has 1 aromatic rings. The van der Waals surface area contributed by atoms with Crippen molar-refractivity contribution in [2.75, 3.05) is 7.11 Å². The maximum absolute atomic E-state index is 12.2. The van der Waals surface area contributed by atoms with Crippen LogP contribution in [0.15, 0.2) is 35.2 Å². The van der Waals surface area contributed by atoms with Gasteiger partial charge in [-0.3, -0.25) is 4.79 Å². The molecule has 1 N–H and O–H groups in total. The molecule has 21 heavy (non-hydrogen) atoms. The van der Waals surface area contributed by atoms with E-state index in [1.807, 2.05) is 51.1 Å². The number of carbonyl (C=O) groups excluding carboxylic acids is 2. The lowest BCUT2D eigenvalue weighted by Gasteiger charge is -2.20. The Hall–Kier alpha value is -1.49. The molecule has 1 rings (SSSR count). The lowest BCUT2D eigenvalue weighted by Crippen LogP contribution is -2.45. The number of rotatable bonds is 7. The summed E-state index contributed by atoms with van der Waals surface area (Å²) in [5, 5.41) is 2.51. The predicted octanol–water partition coefficient (Wildman–Crippen LogP) is 2.87. The third-order valence-corrected chi connectivity index (χ3v) is 4.05. The van der Waals surface area contributed by atoms with Gasteiger partial charge in [-0.2, -0.15) is 0 Å². The van der Waals surface area contributed by atoms with Gasteiger partial charge in [0.1, 0.15) is 6.04 Å². The number of hydrogen-bond acceptors (Lipinski definition) is 4. The molecule has 0 aliphatic rings. The van der Waals surface area contributed by atoms with Gasteiger partial charge >= 0.3 is 5.97 Å². The molecule has 0 saturated heterocycles. The van der Waals surface area contributed by atoms with Crippen molar-refractivity contribution in [3.63, 3.8) is 0 Å². The van der Waals surface area contributed by atoms with E-state index in [1.54, 1.807) is 0 Å². The highest BCUT2D eigenvalue weighted by Gasteiger charge is 2.25. The Kier molecular flexibility index (Phi) is 7.29. The van der Waals surface area contributed by atoms with Gasteiger partial charge in [0.2, 0.25) is 5.91 Å². The van der Waals surface area contributed by atoms with Crippen LogP contribution in [-0.2, 0) is 14.3 Å². The van der Waals surface area contributed by atoms with Gasteiger partial charge in [0, 0.05) is 4.90 Å². The number of carbonyl (C=O) groups is 2. The number of esters is 1. The Morgan fingerprint density at radius 3 is 2.33 bits per heavy atom. The van der Waals surface area contributed by atoms with E-state index in [9.17, 15) is 9.59 Å².